The van der Waals surface area contributed by atoms with Crippen molar-refractivity contribution in [2.24, 2.45) is 10.2 Å². The molecule has 27 heavy (non-hydrogen) atoms. The quantitative estimate of drug-likeness (QED) is 0.431. The second kappa shape index (κ2) is 9.40. The van der Waals surface area contributed by atoms with Crippen LogP contribution < -0.4 is 0 Å². The molecule has 1 aromatic heterocycles. The molecule has 0 aliphatic heterocycles. The number of para-hydroxylation sites is 1. The van der Waals surface area contributed by atoms with Gasteiger partial charge in [-0.15, -0.1) is 0 Å². The maximum atomic E-state index is 12.5. The first-order chi connectivity index (χ1) is 12.9. The molecule has 0 aliphatic carbocycles. The summed E-state index contributed by atoms with van der Waals surface area (Å²) in [5, 5.41) is 8.02. The van der Waals surface area contributed by atoms with Crippen molar-refractivity contribution in [2.45, 2.75) is 59.8 Å². The molecule has 1 aromatic carbocycles. The van der Waals surface area contributed by atoms with Crippen LogP contribution in [0.3, 0.4) is 0 Å². The van der Waals surface area contributed by atoms with Crippen LogP contribution in [-0.4, -0.2) is 22.4 Å². The zero-order valence-corrected chi connectivity index (χ0v) is 17.3. The number of imidazole rings is 1. The fraction of sp³-hybridized carbons (Fsp3) is 0.455. The number of hydrogen-bond donors (Lipinski definition) is 0. The van der Waals surface area contributed by atoms with Crippen molar-refractivity contribution in [3.63, 3.8) is 0 Å². The monoisotopic (exact) mass is 366 g/mol. The second-order valence-electron chi connectivity index (χ2n) is 6.90. The summed E-state index contributed by atoms with van der Waals surface area (Å²) in [5.74, 6) is 0.487. The Morgan fingerprint density at radius 1 is 1.22 bits per heavy atom. The first-order valence-corrected chi connectivity index (χ1v) is 9.59. The van der Waals surface area contributed by atoms with Gasteiger partial charge in [0.1, 0.15) is 12.0 Å². The molecule has 5 heteroatoms. The molecule has 2 rings (SSSR count). The van der Waals surface area contributed by atoms with Crippen LogP contribution in [0.4, 0.5) is 0 Å². The van der Waals surface area contributed by atoms with E-state index in [4.69, 9.17) is 0 Å². The Morgan fingerprint density at radius 3 is 2.56 bits per heavy atom. The lowest BCUT2D eigenvalue weighted by atomic mass is 9.96. The molecule has 144 valence electrons. The van der Waals surface area contributed by atoms with Gasteiger partial charge in [0, 0.05) is 19.9 Å². The first-order valence-electron chi connectivity index (χ1n) is 9.59. The number of hydrogen-bond acceptors (Lipinski definition) is 4. The molecule has 0 bridgehead atoms. The highest BCUT2D eigenvalue weighted by molar-refractivity contribution is 5.95. The fourth-order valence-corrected chi connectivity index (χ4v) is 3.11. The molecule has 5 nitrogen and oxygen atoms in total. The Hall–Kier alpha value is -2.56. The number of aromatic nitrogens is 2. The van der Waals surface area contributed by atoms with Crippen LogP contribution in [0.1, 0.15) is 75.1 Å². The molecule has 0 spiro atoms. The van der Waals surface area contributed by atoms with E-state index in [0.717, 1.165) is 29.1 Å². The molecule has 0 aliphatic rings. The molecule has 1 unspecified atom stereocenters. The standard InChI is InChI=1S/C22H30N4O/c1-7-15(3)18-11-9-10-12-19(18)26-14-24-22(21(27)8-2)20(26)13-16(4)17(5)25-23-6/h9-12,14-15H,7-8,13H2,1-6H3/b17-16+,25-23?. The molecular weight excluding hydrogens is 336 g/mol. The van der Waals surface area contributed by atoms with E-state index in [0.29, 0.717) is 24.5 Å². The Balaban J connectivity index is 2.64. The number of allylic oxidation sites excluding steroid dienone is 2. The van der Waals surface area contributed by atoms with E-state index in [1.807, 2.05) is 26.8 Å². The van der Waals surface area contributed by atoms with Crippen molar-refractivity contribution in [3.05, 3.63) is 58.8 Å². The summed E-state index contributed by atoms with van der Waals surface area (Å²) in [6.07, 6.45) is 3.88. The zero-order chi connectivity index (χ0) is 20.0. The number of nitrogens with zero attached hydrogens (tertiary/aromatic N) is 4. The zero-order valence-electron chi connectivity index (χ0n) is 17.3. The van der Waals surface area contributed by atoms with Gasteiger partial charge in [-0.3, -0.25) is 4.79 Å². The lowest BCUT2D eigenvalue weighted by Gasteiger charge is -2.18. The van der Waals surface area contributed by atoms with Gasteiger partial charge in [0.25, 0.3) is 0 Å². The molecule has 0 radical (unpaired) electrons. The number of azo groups is 1. The Bertz CT molecular complexity index is 861. The SMILES string of the molecule is CCC(=O)c1ncn(-c2ccccc2C(C)CC)c1C/C(C)=C(\C)N=NC. The third-order valence-corrected chi connectivity index (χ3v) is 5.09. The van der Waals surface area contributed by atoms with E-state index in [1.54, 1.807) is 13.4 Å². The van der Waals surface area contributed by atoms with E-state index in [2.05, 4.69) is 51.8 Å². The fourth-order valence-electron chi connectivity index (χ4n) is 3.11. The van der Waals surface area contributed by atoms with Gasteiger partial charge in [-0.1, -0.05) is 39.0 Å². The van der Waals surface area contributed by atoms with Gasteiger partial charge in [-0.05, 0) is 43.4 Å². The minimum atomic E-state index is 0.0624. The van der Waals surface area contributed by atoms with Gasteiger partial charge in [-0.2, -0.15) is 10.2 Å². The first kappa shape index (κ1) is 20.7. The van der Waals surface area contributed by atoms with Crippen LogP contribution in [-0.2, 0) is 6.42 Å². The molecule has 0 amide bonds. The summed E-state index contributed by atoms with van der Waals surface area (Å²) in [5.41, 5.74) is 5.77. The van der Waals surface area contributed by atoms with Gasteiger partial charge in [-0.25, -0.2) is 4.98 Å². The smallest absolute Gasteiger partial charge is 0.182 e. The van der Waals surface area contributed by atoms with Crippen LogP contribution in [0, 0.1) is 0 Å². The number of carbonyl (C=O) groups excluding carboxylic acids is 1. The highest BCUT2D eigenvalue weighted by Gasteiger charge is 2.20. The summed E-state index contributed by atoms with van der Waals surface area (Å²) in [6, 6.07) is 8.36. The summed E-state index contributed by atoms with van der Waals surface area (Å²) in [4.78, 5) is 17.0. The van der Waals surface area contributed by atoms with Crippen LogP contribution in [0.5, 0.6) is 0 Å². The van der Waals surface area contributed by atoms with E-state index in [-0.39, 0.29) is 5.78 Å². The predicted octanol–water partition coefficient (Wildman–Crippen LogP) is 5.90. The van der Waals surface area contributed by atoms with Crippen LogP contribution >= 0.6 is 0 Å². The topological polar surface area (TPSA) is 59.6 Å². The Morgan fingerprint density at radius 2 is 1.93 bits per heavy atom. The van der Waals surface area contributed by atoms with Gasteiger partial charge < -0.3 is 4.57 Å². The summed E-state index contributed by atoms with van der Waals surface area (Å²) < 4.78 is 2.07. The third-order valence-electron chi connectivity index (χ3n) is 5.09. The van der Waals surface area contributed by atoms with E-state index >= 15 is 0 Å². The number of ketones is 1. The van der Waals surface area contributed by atoms with Gasteiger partial charge in [0.2, 0.25) is 0 Å². The minimum Gasteiger partial charge on any atom is -0.302 e. The predicted molar refractivity (Wildman–Crippen MR) is 110 cm³/mol. The normalized spacial score (nSPS) is 13.7. The Kier molecular flexibility index (Phi) is 7.22. The number of Topliss-reactive ketones (excluding diaryl/α,β-unsaturated/α-hetero) is 1. The van der Waals surface area contributed by atoms with Crippen LogP contribution in [0.15, 0.2) is 52.1 Å². The highest BCUT2D eigenvalue weighted by Crippen LogP contribution is 2.28. The van der Waals surface area contributed by atoms with Crippen molar-refractivity contribution in [1.82, 2.24) is 9.55 Å². The van der Waals surface area contributed by atoms with Crippen LogP contribution in [0.25, 0.3) is 5.69 Å². The summed E-state index contributed by atoms with van der Waals surface area (Å²) >= 11 is 0. The molecule has 0 saturated carbocycles. The van der Waals surface area contributed by atoms with E-state index in [1.165, 1.54) is 5.56 Å². The maximum absolute atomic E-state index is 12.5. The summed E-state index contributed by atoms with van der Waals surface area (Å²) in [7, 11) is 1.66. The largest absolute Gasteiger partial charge is 0.302 e. The maximum Gasteiger partial charge on any atom is 0.182 e. The molecule has 1 heterocycles. The van der Waals surface area contributed by atoms with Crippen molar-refractivity contribution in [3.8, 4) is 5.69 Å². The van der Waals surface area contributed by atoms with Crippen molar-refractivity contribution < 1.29 is 4.79 Å². The number of benzene rings is 1. The number of carbonyl (C=O) groups is 1. The average molecular weight is 367 g/mol. The Labute approximate surface area is 162 Å². The second-order valence-corrected chi connectivity index (χ2v) is 6.90. The van der Waals surface area contributed by atoms with Crippen LogP contribution in [0.2, 0.25) is 0 Å². The van der Waals surface area contributed by atoms with Gasteiger partial charge in [0.05, 0.1) is 17.1 Å². The molecular formula is C22H30N4O. The van der Waals surface area contributed by atoms with Crippen molar-refractivity contribution in [1.29, 1.82) is 0 Å². The average Bonchev–Trinajstić information content (AvgIpc) is 3.10. The molecule has 0 N–H and O–H groups in total. The van der Waals surface area contributed by atoms with E-state index < -0.39 is 0 Å². The third kappa shape index (κ3) is 4.59. The lowest BCUT2D eigenvalue weighted by Crippen LogP contribution is -2.09. The lowest BCUT2D eigenvalue weighted by molar-refractivity contribution is 0.0983. The highest BCUT2D eigenvalue weighted by atomic mass is 16.1. The van der Waals surface area contributed by atoms with Crippen molar-refractivity contribution in [2.75, 3.05) is 7.05 Å². The molecule has 0 saturated heterocycles. The summed E-state index contributed by atoms with van der Waals surface area (Å²) in [6.45, 7) is 10.3. The van der Waals surface area contributed by atoms with Gasteiger partial charge in [0.15, 0.2) is 5.78 Å². The van der Waals surface area contributed by atoms with E-state index in [9.17, 15) is 4.79 Å². The minimum absolute atomic E-state index is 0.0624. The van der Waals surface area contributed by atoms with Crippen molar-refractivity contribution >= 4 is 5.78 Å². The molecule has 2 aromatic rings. The van der Waals surface area contributed by atoms with Gasteiger partial charge >= 0.3 is 0 Å². The number of rotatable bonds is 8. The molecule has 1 atom stereocenters. The molecule has 0 fully saturated rings.